The minimum absolute atomic E-state index is 0.190. The summed E-state index contributed by atoms with van der Waals surface area (Å²) < 4.78 is 10.6. The van der Waals surface area contributed by atoms with Crippen LogP contribution in [0.3, 0.4) is 0 Å². The number of rotatable bonds is 11. The van der Waals surface area contributed by atoms with E-state index in [1.54, 1.807) is 14.2 Å². The monoisotopic (exact) mass is 441 g/mol. The second kappa shape index (κ2) is 12.6. The normalized spacial score (nSPS) is 11.6. The number of urea groups is 1. The summed E-state index contributed by atoms with van der Waals surface area (Å²) >= 11 is 0. The van der Waals surface area contributed by atoms with Crippen molar-refractivity contribution >= 4 is 11.9 Å². The lowest BCUT2D eigenvalue weighted by molar-refractivity contribution is -0.123. The molecule has 0 spiro atoms. The number of carbonyl (C=O) groups is 2. The number of hydrogen-bond donors (Lipinski definition) is 3. The molecule has 2 rings (SSSR count). The zero-order valence-electron chi connectivity index (χ0n) is 19.7. The quantitative estimate of drug-likeness (QED) is 0.497. The predicted octanol–water partition coefficient (Wildman–Crippen LogP) is 3.59. The molecule has 7 heteroatoms. The maximum atomic E-state index is 12.7. The average molecular weight is 442 g/mol. The van der Waals surface area contributed by atoms with E-state index in [1.165, 1.54) is 5.56 Å². The lowest BCUT2D eigenvalue weighted by Crippen LogP contribution is -2.50. The van der Waals surface area contributed by atoms with E-state index < -0.39 is 6.04 Å². The van der Waals surface area contributed by atoms with E-state index in [0.717, 1.165) is 11.1 Å². The molecule has 0 saturated carbocycles. The van der Waals surface area contributed by atoms with Gasteiger partial charge in [0.1, 0.15) is 6.04 Å². The maximum absolute atomic E-state index is 12.7. The van der Waals surface area contributed by atoms with Gasteiger partial charge in [-0.3, -0.25) is 4.79 Å². The Labute approximate surface area is 190 Å². The van der Waals surface area contributed by atoms with Gasteiger partial charge in [0, 0.05) is 13.1 Å². The molecule has 1 unspecified atom stereocenters. The van der Waals surface area contributed by atoms with Crippen LogP contribution in [0.2, 0.25) is 0 Å². The zero-order chi connectivity index (χ0) is 23.5. The topological polar surface area (TPSA) is 88.7 Å². The van der Waals surface area contributed by atoms with Crippen LogP contribution in [0.15, 0.2) is 42.5 Å². The smallest absolute Gasteiger partial charge is 0.315 e. The van der Waals surface area contributed by atoms with Gasteiger partial charge in [-0.25, -0.2) is 4.79 Å². The van der Waals surface area contributed by atoms with Crippen molar-refractivity contribution in [2.24, 2.45) is 5.92 Å². The fraction of sp³-hybridized carbons (Fsp3) is 0.440. The molecule has 7 nitrogen and oxygen atoms in total. The molecule has 174 valence electrons. The number of methoxy groups -OCH3 is 2. The van der Waals surface area contributed by atoms with Crippen molar-refractivity contribution in [2.45, 2.75) is 46.2 Å². The average Bonchev–Trinajstić information content (AvgIpc) is 2.77. The van der Waals surface area contributed by atoms with Gasteiger partial charge in [-0.15, -0.1) is 0 Å². The summed E-state index contributed by atoms with van der Waals surface area (Å²) in [6, 6.07) is 12.7. The summed E-state index contributed by atoms with van der Waals surface area (Å²) in [4.78, 5) is 25.1. The molecule has 3 amide bonds. The van der Waals surface area contributed by atoms with Crippen LogP contribution >= 0.6 is 0 Å². The first-order chi connectivity index (χ1) is 15.3. The molecule has 0 aliphatic carbocycles. The fourth-order valence-corrected chi connectivity index (χ4v) is 3.29. The van der Waals surface area contributed by atoms with Gasteiger partial charge < -0.3 is 25.4 Å². The predicted molar refractivity (Wildman–Crippen MR) is 126 cm³/mol. The van der Waals surface area contributed by atoms with Crippen LogP contribution < -0.4 is 25.4 Å². The van der Waals surface area contributed by atoms with E-state index in [0.29, 0.717) is 37.4 Å². The molecule has 0 aromatic heterocycles. The van der Waals surface area contributed by atoms with E-state index in [2.05, 4.69) is 16.0 Å². The zero-order valence-corrected chi connectivity index (χ0v) is 19.7. The van der Waals surface area contributed by atoms with Gasteiger partial charge in [0.2, 0.25) is 5.91 Å². The molecule has 1 atom stereocenters. The van der Waals surface area contributed by atoms with Gasteiger partial charge >= 0.3 is 6.03 Å². The molecule has 2 aromatic rings. The van der Waals surface area contributed by atoms with Crippen LogP contribution in [-0.2, 0) is 17.8 Å². The van der Waals surface area contributed by atoms with Crippen LogP contribution in [0.5, 0.6) is 11.5 Å². The molecule has 0 heterocycles. The van der Waals surface area contributed by atoms with Gasteiger partial charge in [-0.2, -0.15) is 0 Å². The number of benzene rings is 2. The fourth-order valence-electron chi connectivity index (χ4n) is 3.29. The third kappa shape index (κ3) is 8.13. The molecular formula is C25H35N3O4. The highest BCUT2D eigenvalue weighted by molar-refractivity contribution is 5.87. The number of ether oxygens (including phenoxy) is 2. The van der Waals surface area contributed by atoms with Gasteiger partial charge in [-0.1, -0.05) is 49.7 Å². The lowest BCUT2D eigenvalue weighted by Gasteiger charge is -2.20. The molecular weight excluding hydrogens is 406 g/mol. The van der Waals surface area contributed by atoms with Gasteiger partial charge in [-0.05, 0) is 48.9 Å². The van der Waals surface area contributed by atoms with Crippen LogP contribution in [0.25, 0.3) is 0 Å². The summed E-state index contributed by atoms with van der Waals surface area (Å²) in [5.41, 5.74) is 3.19. The number of aryl methyl sites for hydroxylation is 1. The second-order valence-corrected chi connectivity index (χ2v) is 8.23. The standard InChI is InChI=1S/C25H35N3O4/c1-17(2)14-21(28-25(30)27-16-20-8-6-18(3)7-9-20)24(29)26-13-12-19-10-11-22(31-4)23(15-19)32-5/h6-11,15,17,21H,12-14,16H2,1-5H3,(H,26,29)(H2,27,28,30). The Morgan fingerprint density at radius 2 is 1.56 bits per heavy atom. The molecule has 3 N–H and O–H groups in total. The molecule has 32 heavy (non-hydrogen) atoms. The molecule has 2 aromatic carbocycles. The Bertz CT molecular complexity index is 881. The highest BCUT2D eigenvalue weighted by atomic mass is 16.5. The van der Waals surface area contributed by atoms with E-state index in [1.807, 2.05) is 63.2 Å². The van der Waals surface area contributed by atoms with Gasteiger partial charge in [0.05, 0.1) is 14.2 Å². The van der Waals surface area contributed by atoms with Gasteiger partial charge in [0.25, 0.3) is 0 Å². The van der Waals surface area contributed by atoms with E-state index in [9.17, 15) is 9.59 Å². The van der Waals surface area contributed by atoms with E-state index in [-0.39, 0.29) is 17.9 Å². The molecule has 0 radical (unpaired) electrons. The highest BCUT2D eigenvalue weighted by Crippen LogP contribution is 2.27. The van der Waals surface area contributed by atoms with Crippen LogP contribution in [0.4, 0.5) is 4.79 Å². The third-order valence-corrected chi connectivity index (χ3v) is 5.06. The number of hydrogen-bond acceptors (Lipinski definition) is 4. The Kier molecular flexibility index (Phi) is 9.85. The van der Waals surface area contributed by atoms with Crippen LogP contribution in [-0.4, -0.2) is 38.7 Å². The van der Waals surface area contributed by atoms with Crippen molar-refractivity contribution in [2.75, 3.05) is 20.8 Å². The molecule has 0 saturated heterocycles. The van der Waals surface area contributed by atoms with Crippen molar-refractivity contribution in [1.82, 2.24) is 16.0 Å². The molecule has 0 aliphatic heterocycles. The van der Waals surface area contributed by atoms with Crippen molar-refractivity contribution in [3.63, 3.8) is 0 Å². The Balaban J connectivity index is 1.87. The van der Waals surface area contributed by atoms with Crippen molar-refractivity contribution in [3.05, 3.63) is 59.2 Å². The highest BCUT2D eigenvalue weighted by Gasteiger charge is 2.21. The Morgan fingerprint density at radius 1 is 0.906 bits per heavy atom. The third-order valence-electron chi connectivity index (χ3n) is 5.06. The lowest BCUT2D eigenvalue weighted by atomic mass is 10.0. The minimum atomic E-state index is -0.599. The molecule has 0 fully saturated rings. The summed E-state index contributed by atoms with van der Waals surface area (Å²) in [7, 11) is 3.19. The van der Waals surface area contributed by atoms with Crippen molar-refractivity contribution in [3.8, 4) is 11.5 Å². The van der Waals surface area contributed by atoms with Gasteiger partial charge in [0.15, 0.2) is 11.5 Å². The van der Waals surface area contributed by atoms with Crippen LogP contribution in [0, 0.1) is 12.8 Å². The van der Waals surface area contributed by atoms with E-state index >= 15 is 0 Å². The Hall–Kier alpha value is -3.22. The molecule has 0 bridgehead atoms. The van der Waals surface area contributed by atoms with Crippen molar-refractivity contribution < 1.29 is 19.1 Å². The maximum Gasteiger partial charge on any atom is 0.315 e. The SMILES string of the molecule is COc1ccc(CCNC(=O)C(CC(C)C)NC(=O)NCc2ccc(C)cc2)cc1OC. The first-order valence-electron chi connectivity index (χ1n) is 10.9. The summed E-state index contributed by atoms with van der Waals surface area (Å²) in [6.45, 7) is 6.92. The number of nitrogens with one attached hydrogen (secondary N) is 3. The summed E-state index contributed by atoms with van der Waals surface area (Å²) in [6.07, 6.45) is 1.19. The van der Waals surface area contributed by atoms with Crippen LogP contribution in [0.1, 0.15) is 37.0 Å². The minimum Gasteiger partial charge on any atom is -0.493 e. The summed E-state index contributed by atoms with van der Waals surface area (Å²) in [5.74, 6) is 1.39. The Morgan fingerprint density at radius 3 is 2.19 bits per heavy atom. The second-order valence-electron chi connectivity index (χ2n) is 8.23. The first-order valence-corrected chi connectivity index (χ1v) is 10.9. The van der Waals surface area contributed by atoms with Crippen molar-refractivity contribution in [1.29, 1.82) is 0 Å². The largest absolute Gasteiger partial charge is 0.493 e. The number of amides is 3. The summed E-state index contributed by atoms with van der Waals surface area (Å²) in [5, 5.41) is 8.57. The van der Waals surface area contributed by atoms with E-state index in [4.69, 9.17) is 9.47 Å². The molecule has 0 aliphatic rings. The number of carbonyl (C=O) groups excluding carboxylic acids is 2. The first kappa shape index (κ1) is 25.0.